The molecule has 1 aromatic carbocycles. The Morgan fingerprint density at radius 3 is 2.80 bits per heavy atom. The van der Waals surface area contributed by atoms with Gasteiger partial charge in [0.25, 0.3) is 5.91 Å². The van der Waals surface area contributed by atoms with Gasteiger partial charge in [0.05, 0.1) is 12.8 Å². The standard InChI is InChI=1S/C18H18N4O2S/c1-11-6-5-9-19-16(11)22-18-20-12(2)15(25-18)17(23)21-13-7-4-8-14(10-13)24-3/h4-10H,1-3H3,(H,21,23)(H,19,20,22). The normalized spacial score (nSPS) is 10.4. The van der Waals surface area contributed by atoms with E-state index in [4.69, 9.17) is 4.74 Å². The number of benzene rings is 1. The van der Waals surface area contributed by atoms with E-state index in [1.807, 2.05) is 44.2 Å². The van der Waals surface area contributed by atoms with Crippen LogP contribution in [0.1, 0.15) is 20.9 Å². The number of aromatic nitrogens is 2. The van der Waals surface area contributed by atoms with E-state index in [0.29, 0.717) is 27.1 Å². The van der Waals surface area contributed by atoms with Crippen molar-refractivity contribution in [1.82, 2.24) is 9.97 Å². The van der Waals surface area contributed by atoms with Crippen LogP contribution in [-0.2, 0) is 0 Å². The summed E-state index contributed by atoms with van der Waals surface area (Å²) in [6.45, 7) is 3.78. The Balaban J connectivity index is 1.77. The van der Waals surface area contributed by atoms with Crippen molar-refractivity contribution in [2.24, 2.45) is 0 Å². The first-order valence-electron chi connectivity index (χ1n) is 7.68. The fraction of sp³-hybridized carbons (Fsp3) is 0.167. The van der Waals surface area contributed by atoms with Crippen LogP contribution in [0.25, 0.3) is 0 Å². The van der Waals surface area contributed by atoms with Crippen LogP contribution in [0.3, 0.4) is 0 Å². The number of pyridine rings is 1. The fourth-order valence-corrected chi connectivity index (χ4v) is 3.13. The molecular weight excluding hydrogens is 336 g/mol. The third-order valence-electron chi connectivity index (χ3n) is 3.57. The van der Waals surface area contributed by atoms with Crippen molar-refractivity contribution in [3.63, 3.8) is 0 Å². The highest BCUT2D eigenvalue weighted by Gasteiger charge is 2.16. The Morgan fingerprint density at radius 1 is 1.20 bits per heavy atom. The summed E-state index contributed by atoms with van der Waals surface area (Å²) in [5.41, 5.74) is 2.35. The van der Waals surface area contributed by atoms with Crippen LogP contribution in [0.4, 0.5) is 16.6 Å². The number of aryl methyl sites for hydroxylation is 2. The van der Waals surface area contributed by atoms with E-state index in [2.05, 4.69) is 20.6 Å². The summed E-state index contributed by atoms with van der Waals surface area (Å²) in [5.74, 6) is 1.22. The highest BCUT2D eigenvalue weighted by Crippen LogP contribution is 2.27. The largest absolute Gasteiger partial charge is 0.497 e. The van der Waals surface area contributed by atoms with E-state index in [0.717, 1.165) is 11.4 Å². The zero-order valence-corrected chi connectivity index (χ0v) is 15.0. The number of thiazole rings is 1. The first kappa shape index (κ1) is 16.9. The molecule has 2 N–H and O–H groups in total. The average Bonchev–Trinajstić information content (AvgIpc) is 2.97. The van der Waals surface area contributed by atoms with Crippen molar-refractivity contribution < 1.29 is 9.53 Å². The van der Waals surface area contributed by atoms with E-state index >= 15 is 0 Å². The minimum atomic E-state index is -0.200. The Labute approximate surface area is 149 Å². The molecule has 2 heterocycles. The Kier molecular flexibility index (Phi) is 4.95. The Hall–Kier alpha value is -2.93. The van der Waals surface area contributed by atoms with Gasteiger partial charge in [0.1, 0.15) is 16.4 Å². The number of ether oxygens (including phenoxy) is 1. The summed E-state index contributed by atoms with van der Waals surface area (Å²) < 4.78 is 5.17. The number of anilines is 3. The number of nitrogens with one attached hydrogen (secondary N) is 2. The van der Waals surface area contributed by atoms with Gasteiger partial charge in [-0.1, -0.05) is 23.5 Å². The zero-order valence-electron chi connectivity index (χ0n) is 14.2. The van der Waals surface area contributed by atoms with Gasteiger partial charge in [0.15, 0.2) is 5.13 Å². The predicted molar refractivity (Wildman–Crippen MR) is 100 cm³/mol. The quantitative estimate of drug-likeness (QED) is 0.719. The second-order valence-corrected chi connectivity index (χ2v) is 6.41. The van der Waals surface area contributed by atoms with Gasteiger partial charge >= 0.3 is 0 Å². The number of nitrogens with zero attached hydrogens (tertiary/aromatic N) is 2. The second-order valence-electron chi connectivity index (χ2n) is 5.41. The maximum atomic E-state index is 12.5. The predicted octanol–water partition coefficient (Wildman–Crippen LogP) is 4.16. The van der Waals surface area contributed by atoms with Crippen LogP contribution < -0.4 is 15.4 Å². The Morgan fingerprint density at radius 2 is 2.04 bits per heavy atom. The SMILES string of the molecule is COc1cccc(NC(=O)c2sc(Nc3ncccc3C)nc2C)c1. The molecule has 6 nitrogen and oxygen atoms in total. The third kappa shape index (κ3) is 3.95. The topological polar surface area (TPSA) is 76.1 Å². The van der Waals surface area contributed by atoms with Crippen molar-refractivity contribution in [3.05, 3.63) is 58.7 Å². The molecule has 3 rings (SSSR count). The van der Waals surface area contributed by atoms with Crippen molar-refractivity contribution >= 4 is 33.9 Å². The van der Waals surface area contributed by atoms with Crippen molar-refractivity contribution in [1.29, 1.82) is 0 Å². The lowest BCUT2D eigenvalue weighted by molar-refractivity contribution is 0.103. The molecule has 0 saturated heterocycles. The summed E-state index contributed by atoms with van der Waals surface area (Å²) in [6.07, 6.45) is 1.71. The van der Waals surface area contributed by atoms with Crippen LogP contribution in [0.2, 0.25) is 0 Å². The number of hydrogen-bond acceptors (Lipinski definition) is 6. The number of amides is 1. The van der Waals surface area contributed by atoms with E-state index in [1.54, 1.807) is 19.4 Å². The second kappa shape index (κ2) is 7.31. The molecule has 0 aliphatic carbocycles. The molecule has 0 bridgehead atoms. The number of carbonyl (C=O) groups excluding carboxylic acids is 1. The van der Waals surface area contributed by atoms with Crippen LogP contribution in [-0.4, -0.2) is 23.0 Å². The van der Waals surface area contributed by atoms with E-state index in [1.165, 1.54) is 11.3 Å². The lowest BCUT2D eigenvalue weighted by atomic mass is 10.3. The van der Waals surface area contributed by atoms with Gasteiger partial charge in [-0.25, -0.2) is 9.97 Å². The smallest absolute Gasteiger partial charge is 0.267 e. The van der Waals surface area contributed by atoms with Crippen LogP contribution in [0.5, 0.6) is 5.75 Å². The van der Waals surface area contributed by atoms with Crippen LogP contribution >= 0.6 is 11.3 Å². The van der Waals surface area contributed by atoms with Gasteiger partial charge in [-0.2, -0.15) is 0 Å². The zero-order chi connectivity index (χ0) is 17.8. The maximum Gasteiger partial charge on any atom is 0.267 e. The van der Waals surface area contributed by atoms with Crippen molar-refractivity contribution in [3.8, 4) is 5.75 Å². The van der Waals surface area contributed by atoms with Gasteiger partial charge in [-0.15, -0.1) is 0 Å². The highest BCUT2D eigenvalue weighted by molar-refractivity contribution is 7.17. The molecule has 0 atom stereocenters. The number of hydrogen-bond donors (Lipinski definition) is 2. The summed E-state index contributed by atoms with van der Waals surface area (Å²) in [5, 5.41) is 6.67. The van der Waals surface area contributed by atoms with E-state index in [-0.39, 0.29) is 5.91 Å². The molecule has 25 heavy (non-hydrogen) atoms. The monoisotopic (exact) mass is 354 g/mol. The molecule has 2 aromatic heterocycles. The summed E-state index contributed by atoms with van der Waals surface area (Å²) in [4.78, 5) is 21.8. The lowest BCUT2D eigenvalue weighted by Crippen LogP contribution is -2.11. The number of rotatable bonds is 5. The first-order chi connectivity index (χ1) is 12.1. The number of methoxy groups -OCH3 is 1. The van der Waals surface area contributed by atoms with Crippen LogP contribution in [0, 0.1) is 13.8 Å². The fourth-order valence-electron chi connectivity index (χ4n) is 2.27. The molecule has 3 aromatic rings. The maximum absolute atomic E-state index is 12.5. The minimum absolute atomic E-state index is 0.200. The molecule has 0 fully saturated rings. The summed E-state index contributed by atoms with van der Waals surface area (Å²) >= 11 is 1.29. The highest BCUT2D eigenvalue weighted by atomic mass is 32.1. The molecule has 1 amide bonds. The van der Waals surface area contributed by atoms with Crippen molar-refractivity contribution in [2.75, 3.05) is 17.7 Å². The lowest BCUT2D eigenvalue weighted by Gasteiger charge is -2.06. The molecule has 0 aliphatic heterocycles. The molecule has 0 spiro atoms. The van der Waals surface area contributed by atoms with Gasteiger partial charge in [0.2, 0.25) is 0 Å². The van der Waals surface area contributed by atoms with Gasteiger partial charge in [-0.05, 0) is 37.6 Å². The average molecular weight is 354 g/mol. The molecule has 0 unspecified atom stereocenters. The van der Waals surface area contributed by atoms with Gasteiger partial charge in [0, 0.05) is 18.0 Å². The van der Waals surface area contributed by atoms with Gasteiger partial charge < -0.3 is 15.4 Å². The molecule has 128 valence electrons. The first-order valence-corrected chi connectivity index (χ1v) is 8.50. The third-order valence-corrected chi connectivity index (χ3v) is 4.64. The number of carbonyl (C=O) groups is 1. The minimum Gasteiger partial charge on any atom is -0.497 e. The molecule has 7 heteroatoms. The summed E-state index contributed by atoms with van der Waals surface area (Å²) in [7, 11) is 1.59. The van der Waals surface area contributed by atoms with Gasteiger partial charge in [-0.3, -0.25) is 4.79 Å². The van der Waals surface area contributed by atoms with E-state index in [9.17, 15) is 4.79 Å². The molecular formula is C18H18N4O2S. The van der Waals surface area contributed by atoms with Crippen LogP contribution in [0.15, 0.2) is 42.6 Å². The molecule has 0 saturated carbocycles. The Bertz CT molecular complexity index is 908. The molecule has 0 radical (unpaired) electrons. The molecule has 0 aliphatic rings. The van der Waals surface area contributed by atoms with E-state index < -0.39 is 0 Å². The summed E-state index contributed by atoms with van der Waals surface area (Å²) in [6, 6.07) is 11.1. The van der Waals surface area contributed by atoms with Crippen molar-refractivity contribution in [2.45, 2.75) is 13.8 Å².